The molecule has 39 heavy (non-hydrogen) atoms. The number of nitrogens with zero attached hydrogens (tertiary/aromatic N) is 1. The largest absolute Gasteiger partial charge is 0.416 e. The van der Waals surface area contributed by atoms with Crippen LogP contribution in [0.1, 0.15) is 64.8 Å². The first-order valence-corrected chi connectivity index (χ1v) is 12.5. The van der Waals surface area contributed by atoms with Gasteiger partial charge in [-0.25, -0.2) is 4.98 Å². The number of hydrogen-bond donors (Lipinski definition) is 2. The van der Waals surface area contributed by atoms with E-state index in [4.69, 9.17) is 4.98 Å². The SMILES string of the molecule is Cc1cc(-c2c[nH]c(C3(NC(=O)c4cc(C(F)(F)F)cc(C(F)(F)F)c4)CCCCC3)c2)nc2ccccc12. The number of H-pyrrole nitrogens is 1. The number of aromatic amines is 1. The Morgan fingerprint density at radius 3 is 2.18 bits per heavy atom. The number of hydrogen-bond acceptors (Lipinski definition) is 2. The van der Waals surface area contributed by atoms with Crippen molar-refractivity contribution in [3.8, 4) is 11.3 Å². The second-order valence-corrected chi connectivity index (χ2v) is 10.0. The van der Waals surface area contributed by atoms with E-state index >= 15 is 0 Å². The highest BCUT2D eigenvalue weighted by atomic mass is 19.4. The number of carbonyl (C=O) groups excluding carboxylic acids is 1. The second-order valence-electron chi connectivity index (χ2n) is 10.0. The Labute approximate surface area is 220 Å². The Morgan fingerprint density at radius 1 is 0.897 bits per heavy atom. The van der Waals surface area contributed by atoms with Crippen molar-refractivity contribution in [3.05, 3.63) is 88.7 Å². The van der Waals surface area contributed by atoms with Crippen LogP contribution in [-0.4, -0.2) is 15.9 Å². The van der Waals surface area contributed by atoms with Gasteiger partial charge in [0, 0.05) is 28.4 Å². The zero-order chi connectivity index (χ0) is 28.0. The highest BCUT2D eigenvalue weighted by molar-refractivity contribution is 5.95. The Hall–Kier alpha value is -3.82. The molecule has 2 aromatic heterocycles. The van der Waals surface area contributed by atoms with Crippen LogP contribution in [0.2, 0.25) is 0 Å². The molecule has 0 unspecified atom stereocenters. The average molecular weight is 546 g/mol. The Kier molecular flexibility index (Phi) is 6.68. The number of fused-ring (bicyclic) bond motifs is 1. The lowest BCUT2D eigenvalue weighted by molar-refractivity contribution is -0.143. The first-order chi connectivity index (χ1) is 18.4. The highest BCUT2D eigenvalue weighted by Crippen LogP contribution is 2.40. The fourth-order valence-electron chi connectivity index (χ4n) is 5.31. The molecule has 4 aromatic rings. The first-order valence-electron chi connectivity index (χ1n) is 12.5. The lowest BCUT2D eigenvalue weighted by Crippen LogP contribution is -2.47. The third kappa shape index (κ3) is 5.37. The third-order valence-electron chi connectivity index (χ3n) is 7.33. The van der Waals surface area contributed by atoms with Crippen LogP contribution in [0.3, 0.4) is 0 Å². The van der Waals surface area contributed by atoms with E-state index in [0.717, 1.165) is 41.3 Å². The van der Waals surface area contributed by atoms with Crippen molar-refractivity contribution in [2.45, 2.75) is 56.9 Å². The van der Waals surface area contributed by atoms with Crippen molar-refractivity contribution >= 4 is 16.8 Å². The molecule has 1 amide bonds. The van der Waals surface area contributed by atoms with E-state index in [0.29, 0.717) is 36.4 Å². The molecule has 0 radical (unpaired) electrons. The maximum absolute atomic E-state index is 13.4. The molecule has 0 spiro atoms. The predicted molar refractivity (Wildman–Crippen MR) is 135 cm³/mol. The summed E-state index contributed by atoms with van der Waals surface area (Å²) in [5.41, 5.74) is -0.784. The van der Waals surface area contributed by atoms with Crippen LogP contribution in [0, 0.1) is 6.92 Å². The molecule has 1 aliphatic carbocycles. The van der Waals surface area contributed by atoms with Crippen LogP contribution in [0.15, 0.2) is 60.8 Å². The number of para-hydroxylation sites is 1. The fourth-order valence-corrected chi connectivity index (χ4v) is 5.31. The number of rotatable bonds is 4. The van der Waals surface area contributed by atoms with Crippen LogP contribution in [-0.2, 0) is 17.9 Å². The van der Waals surface area contributed by atoms with E-state index in [1.807, 2.05) is 43.3 Å². The Morgan fingerprint density at radius 2 is 1.54 bits per heavy atom. The van der Waals surface area contributed by atoms with Crippen molar-refractivity contribution in [3.63, 3.8) is 0 Å². The van der Waals surface area contributed by atoms with E-state index in [1.54, 1.807) is 6.20 Å². The van der Waals surface area contributed by atoms with Crippen LogP contribution in [0.5, 0.6) is 0 Å². The molecule has 2 aromatic carbocycles. The van der Waals surface area contributed by atoms with E-state index in [2.05, 4.69) is 10.3 Å². The molecule has 10 heteroatoms. The van der Waals surface area contributed by atoms with Crippen LogP contribution >= 0.6 is 0 Å². The summed E-state index contributed by atoms with van der Waals surface area (Å²) in [4.78, 5) is 21.2. The third-order valence-corrected chi connectivity index (χ3v) is 7.33. The molecule has 0 atom stereocenters. The molecular weight excluding hydrogens is 520 g/mol. The lowest BCUT2D eigenvalue weighted by atomic mass is 9.79. The van der Waals surface area contributed by atoms with Gasteiger partial charge in [0.25, 0.3) is 5.91 Å². The molecule has 4 nitrogen and oxygen atoms in total. The van der Waals surface area contributed by atoms with Gasteiger partial charge in [0.15, 0.2) is 0 Å². The van der Waals surface area contributed by atoms with E-state index < -0.39 is 40.5 Å². The van der Waals surface area contributed by atoms with Crippen molar-refractivity contribution in [1.29, 1.82) is 0 Å². The molecule has 0 bridgehead atoms. The Bertz CT molecular complexity index is 1500. The van der Waals surface area contributed by atoms with Gasteiger partial charge >= 0.3 is 12.4 Å². The lowest BCUT2D eigenvalue weighted by Gasteiger charge is -2.37. The van der Waals surface area contributed by atoms with Gasteiger partial charge in [-0.3, -0.25) is 4.79 Å². The normalized spacial score (nSPS) is 15.9. The van der Waals surface area contributed by atoms with Crippen molar-refractivity contribution in [2.75, 3.05) is 0 Å². The minimum Gasteiger partial charge on any atom is -0.362 e. The maximum atomic E-state index is 13.4. The van der Waals surface area contributed by atoms with Gasteiger partial charge in [0.05, 0.1) is 27.9 Å². The van der Waals surface area contributed by atoms with Gasteiger partial charge in [-0.2, -0.15) is 26.3 Å². The zero-order valence-electron chi connectivity index (χ0n) is 20.9. The molecule has 2 heterocycles. The standard InChI is InChI=1S/C29H25F6N3O/c1-17-11-24(37-23-8-4-3-7-22(17)23)19-14-25(36-16-19)27(9-5-2-6-10-27)38-26(39)18-12-20(28(30,31)32)15-21(13-18)29(33,34)35/h3-4,7-8,11-16,36H,2,5-6,9-10H2,1H3,(H,38,39). The van der Waals surface area contributed by atoms with Crippen LogP contribution < -0.4 is 5.32 Å². The van der Waals surface area contributed by atoms with Gasteiger partial charge in [0.1, 0.15) is 0 Å². The zero-order valence-corrected chi connectivity index (χ0v) is 20.9. The molecule has 1 saturated carbocycles. The number of aromatic nitrogens is 2. The summed E-state index contributed by atoms with van der Waals surface area (Å²) in [6.07, 6.45) is -5.01. The predicted octanol–water partition coefficient (Wildman–Crippen LogP) is 8.17. The van der Waals surface area contributed by atoms with Gasteiger partial charge < -0.3 is 10.3 Å². The number of pyridine rings is 1. The summed E-state index contributed by atoms with van der Waals surface area (Å²) in [5.74, 6) is -0.996. The quantitative estimate of drug-likeness (QED) is 0.254. The molecule has 204 valence electrons. The molecule has 1 aliphatic rings. The molecule has 1 fully saturated rings. The van der Waals surface area contributed by atoms with Crippen molar-refractivity contribution in [1.82, 2.24) is 15.3 Å². The van der Waals surface area contributed by atoms with E-state index in [9.17, 15) is 31.1 Å². The number of amides is 1. The maximum Gasteiger partial charge on any atom is 0.416 e. The van der Waals surface area contributed by atoms with E-state index in [-0.39, 0.29) is 6.07 Å². The van der Waals surface area contributed by atoms with Gasteiger partial charge in [-0.15, -0.1) is 0 Å². The van der Waals surface area contributed by atoms with Gasteiger partial charge in [-0.05, 0) is 61.7 Å². The summed E-state index contributed by atoms with van der Waals surface area (Å²) in [6, 6.07) is 12.4. The average Bonchev–Trinajstić information content (AvgIpc) is 3.39. The van der Waals surface area contributed by atoms with Crippen LogP contribution in [0.4, 0.5) is 26.3 Å². The fraction of sp³-hybridized carbons (Fsp3) is 0.310. The number of benzene rings is 2. The summed E-state index contributed by atoms with van der Waals surface area (Å²) >= 11 is 0. The minimum absolute atomic E-state index is 0.0168. The molecule has 0 aliphatic heterocycles. The molecule has 0 saturated heterocycles. The molecule has 5 rings (SSSR count). The summed E-state index contributed by atoms with van der Waals surface area (Å²) in [5, 5.41) is 3.82. The second kappa shape index (κ2) is 9.73. The number of halogens is 6. The minimum atomic E-state index is -5.04. The summed E-state index contributed by atoms with van der Waals surface area (Å²) in [6.45, 7) is 1.98. The number of nitrogens with one attached hydrogen (secondary N) is 2. The number of aryl methyl sites for hydroxylation is 1. The monoisotopic (exact) mass is 545 g/mol. The highest BCUT2D eigenvalue weighted by Gasteiger charge is 2.40. The first kappa shape index (κ1) is 26.8. The summed E-state index contributed by atoms with van der Waals surface area (Å²) < 4.78 is 80.3. The van der Waals surface area contributed by atoms with Crippen LogP contribution in [0.25, 0.3) is 22.2 Å². The Balaban J connectivity index is 1.51. The van der Waals surface area contributed by atoms with Gasteiger partial charge in [-0.1, -0.05) is 37.5 Å². The number of carbonyl (C=O) groups is 1. The smallest absolute Gasteiger partial charge is 0.362 e. The van der Waals surface area contributed by atoms with E-state index in [1.165, 1.54) is 0 Å². The number of alkyl halides is 6. The van der Waals surface area contributed by atoms with Crippen molar-refractivity contribution in [2.24, 2.45) is 0 Å². The summed E-state index contributed by atoms with van der Waals surface area (Å²) in [7, 11) is 0. The molecular formula is C29H25F6N3O. The topological polar surface area (TPSA) is 57.8 Å². The van der Waals surface area contributed by atoms with Gasteiger partial charge in [0.2, 0.25) is 0 Å². The van der Waals surface area contributed by atoms with Crippen molar-refractivity contribution < 1.29 is 31.1 Å². The molecule has 2 N–H and O–H groups in total.